The number of rotatable bonds is 6. The molecule has 1 N–H and O–H groups in total. The van der Waals surface area contributed by atoms with Crippen LogP contribution >= 0.6 is 0 Å². The molecule has 0 aliphatic carbocycles. The molecule has 3 rings (SSSR count). The van der Waals surface area contributed by atoms with Gasteiger partial charge in [-0.3, -0.25) is 0 Å². The van der Waals surface area contributed by atoms with Crippen LogP contribution < -0.4 is 4.72 Å². The smallest absolute Gasteiger partial charge is 0.309 e. The molecule has 6 heteroatoms. The van der Waals surface area contributed by atoms with Crippen molar-refractivity contribution in [2.75, 3.05) is 4.72 Å². The summed E-state index contributed by atoms with van der Waals surface area (Å²) >= 11 is 0. The SMILES string of the molecule is CCCc1oc(NS(=O)(=O)c2ccccc2)nc1-c1ccccc1. The monoisotopic (exact) mass is 342 g/mol. The first-order chi connectivity index (χ1) is 11.6. The zero-order valence-electron chi connectivity index (χ0n) is 13.3. The summed E-state index contributed by atoms with van der Waals surface area (Å²) in [5, 5.41) is 0. The highest BCUT2D eigenvalue weighted by Gasteiger charge is 2.20. The lowest BCUT2D eigenvalue weighted by atomic mass is 10.1. The molecule has 1 aromatic heterocycles. The molecule has 0 fully saturated rings. The quantitative estimate of drug-likeness (QED) is 0.732. The first-order valence-corrected chi connectivity index (χ1v) is 9.21. The number of aromatic nitrogens is 1. The van der Waals surface area contributed by atoms with E-state index >= 15 is 0 Å². The first kappa shape index (κ1) is 16.3. The van der Waals surface area contributed by atoms with Crippen molar-refractivity contribution in [3.63, 3.8) is 0 Å². The van der Waals surface area contributed by atoms with Crippen LogP contribution in [-0.4, -0.2) is 13.4 Å². The predicted molar refractivity (Wildman–Crippen MR) is 93.2 cm³/mol. The largest absolute Gasteiger partial charge is 0.427 e. The summed E-state index contributed by atoms with van der Waals surface area (Å²) in [6.07, 6.45) is 1.56. The maximum absolute atomic E-state index is 12.4. The Morgan fingerprint density at radius 1 is 1.00 bits per heavy atom. The maximum Gasteiger partial charge on any atom is 0.309 e. The van der Waals surface area contributed by atoms with Gasteiger partial charge in [0.2, 0.25) is 0 Å². The summed E-state index contributed by atoms with van der Waals surface area (Å²) in [6, 6.07) is 17.7. The molecule has 0 unspecified atom stereocenters. The Bertz CT molecular complexity index is 904. The van der Waals surface area contributed by atoms with Crippen LogP contribution in [0.1, 0.15) is 19.1 Å². The molecule has 0 atom stereocenters. The fourth-order valence-electron chi connectivity index (χ4n) is 2.39. The average Bonchev–Trinajstić information content (AvgIpc) is 2.98. The van der Waals surface area contributed by atoms with Crippen molar-refractivity contribution >= 4 is 16.0 Å². The third-order valence-electron chi connectivity index (χ3n) is 3.50. The summed E-state index contributed by atoms with van der Waals surface area (Å²) in [7, 11) is -3.72. The Hall–Kier alpha value is -2.60. The van der Waals surface area contributed by atoms with Crippen LogP contribution in [0.5, 0.6) is 0 Å². The summed E-state index contributed by atoms with van der Waals surface area (Å²) in [5.41, 5.74) is 1.57. The van der Waals surface area contributed by atoms with Gasteiger partial charge in [0.1, 0.15) is 11.5 Å². The topological polar surface area (TPSA) is 72.2 Å². The van der Waals surface area contributed by atoms with Gasteiger partial charge >= 0.3 is 6.01 Å². The van der Waals surface area contributed by atoms with E-state index in [1.54, 1.807) is 18.2 Å². The minimum atomic E-state index is -3.72. The summed E-state index contributed by atoms with van der Waals surface area (Å²) in [6.45, 7) is 2.03. The van der Waals surface area contributed by atoms with Crippen molar-refractivity contribution in [2.24, 2.45) is 0 Å². The van der Waals surface area contributed by atoms with Crippen LogP contribution in [0.15, 0.2) is 70.0 Å². The van der Waals surface area contributed by atoms with Crippen LogP contribution in [0.25, 0.3) is 11.3 Å². The van der Waals surface area contributed by atoms with Crippen LogP contribution in [0, 0.1) is 0 Å². The summed E-state index contributed by atoms with van der Waals surface area (Å²) in [5.74, 6) is 0.675. The highest BCUT2D eigenvalue weighted by Crippen LogP contribution is 2.28. The molecule has 0 bridgehead atoms. The van der Waals surface area contributed by atoms with Gasteiger partial charge in [0.05, 0.1) is 4.90 Å². The number of benzene rings is 2. The van der Waals surface area contributed by atoms with Gasteiger partial charge in [0, 0.05) is 12.0 Å². The molecule has 0 saturated carbocycles. The molecule has 0 saturated heterocycles. The van der Waals surface area contributed by atoms with E-state index in [4.69, 9.17) is 4.42 Å². The molecule has 1 heterocycles. The van der Waals surface area contributed by atoms with Crippen LogP contribution in [0.4, 0.5) is 6.01 Å². The molecular weight excluding hydrogens is 324 g/mol. The molecule has 2 aromatic carbocycles. The zero-order valence-corrected chi connectivity index (χ0v) is 14.1. The lowest BCUT2D eigenvalue weighted by Gasteiger charge is -2.03. The van der Waals surface area contributed by atoms with Crippen LogP contribution in [0.3, 0.4) is 0 Å². The van der Waals surface area contributed by atoms with E-state index in [1.165, 1.54) is 12.1 Å². The molecule has 0 radical (unpaired) electrons. The van der Waals surface area contributed by atoms with Crippen molar-refractivity contribution < 1.29 is 12.8 Å². The molecule has 0 aliphatic heterocycles. The molecule has 24 heavy (non-hydrogen) atoms. The van der Waals surface area contributed by atoms with E-state index in [-0.39, 0.29) is 10.9 Å². The van der Waals surface area contributed by atoms with Gasteiger partial charge in [0.25, 0.3) is 10.0 Å². The number of hydrogen-bond donors (Lipinski definition) is 1. The molecule has 5 nitrogen and oxygen atoms in total. The van der Waals surface area contributed by atoms with Crippen molar-refractivity contribution in [1.29, 1.82) is 0 Å². The van der Waals surface area contributed by atoms with E-state index in [2.05, 4.69) is 9.71 Å². The normalized spacial score (nSPS) is 11.4. The molecule has 124 valence electrons. The molecule has 0 amide bonds. The van der Waals surface area contributed by atoms with Gasteiger partial charge in [-0.25, -0.2) is 13.1 Å². The third-order valence-corrected chi connectivity index (χ3v) is 4.83. The van der Waals surface area contributed by atoms with Gasteiger partial charge in [-0.05, 0) is 18.6 Å². The van der Waals surface area contributed by atoms with Crippen molar-refractivity contribution in [3.8, 4) is 11.3 Å². The number of hydrogen-bond acceptors (Lipinski definition) is 4. The Morgan fingerprint density at radius 2 is 1.62 bits per heavy atom. The summed E-state index contributed by atoms with van der Waals surface area (Å²) in [4.78, 5) is 4.52. The van der Waals surface area contributed by atoms with E-state index in [1.807, 2.05) is 37.3 Å². The minimum Gasteiger partial charge on any atom is -0.427 e. The molecule has 0 aliphatic rings. The minimum absolute atomic E-state index is 0.0128. The van der Waals surface area contributed by atoms with E-state index in [0.717, 1.165) is 12.0 Å². The zero-order chi connectivity index (χ0) is 17.0. The summed E-state index contributed by atoms with van der Waals surface area (Å²) < 4.78 is 32.9. The van der Waals surface area contributed by atoms with Gasteiger partial charge in [-0.1, -0.05) is 55.5 Å². The van der Waals surface area contributed by atoms with E-state index in [9.17, 15) is 8.42 Å². The number of oxazole rings is 1. The third kappa shape index (κ3) is 3.49. The highest BCUT2D eigenvalue weighted by molar-refractivity contribution is 7.92. The Labute approximate surface area is 141 Å². The van der Waals surface area contributed by atoms with Crippen molar-refractivity contribution in [1.82, 2.24) is 4.98 Å². The van der Waals surface area contributed by atoms with Gasteiger partial charge in [-0.15, -0.1) is 0 Å². The lowest BCUT2D eigenvalue weighted by molar-refractivity contribution is 0.518. The molecule has 0 spiro atoms. The Kier molecular flexibility index (Phi) is 4.66. The van der Waals surface area contributed by atoms with Crippen molar-refractivity contribution in [2.45, 2.75) is 24.7 Å². The Morgan fingerprint density at radius 3 is 2.25 bits per heavy atom. The second kappa shape index (κ2) is 6.88. The number of aryl methyl sites for hydroxylation is 1. The van der Waals surface area contributed by atoms with Crippen LogP contribution in [-0.2, 0) is 16.4 Å². The van der Waals surface area contributed by atoms with E-state index in [0.29, 0.717) is 17.9 Å². The standard InChI is InChI=1S/C18H18N2O3S/c1-2-9-16-17(14-10-5-3-6-11-14)19-18(23-16)20-24(21,22)15-12-7-4-8-13-15/h3-8,10-13H,2,9H2,1H3,(H,19,20). The second-order valence-corrected chi connectivity index (χ2v) is 7.01. The highest BCUT2D eigenvalue weighted by atomic mass is 32.2. The van der Waals surface area contributed by atoms with E-state index < -0.39 is 10.0 Å². The van der Waals surface area contributed by atoms with Crippen LogP contribution in [0.2, 0.25) is 0 Å². The Balaban J connectivity index is 1.95. The number of anilines is 1. The predicted octanol–water partition coefficient (Wildman–Crippen LogP) is 4.09. The van der Waals surface area contributed by atoms with Gasteiger partial charge in [-0.2, -0.15) is 4.98 Å². The van der Waals surface area contributed by atoms with Crippen molar-refractivity contribution in [3.05, 3.63) is 66.4 Å². The second-order valence-electron chi connectivity index (χ2n) is 5.33. The van der Waals surface area contributed by atoms with Gasteiger partial charge in [0.15, 0.2) is 0 Å². The number of sulfonamides is 1. The first-order valence-electron chi connectivity index (χ1n) is 7.73. The average molecular weight is 342 g/mol. The maximum atomic E-state index is 12.4. The fourth-order valence-corrected chi connectivity index (χ4v) is 3.34. The molecular formula is C18H18N2O3S. The number of nitrogens with zero attached hydrogens (tertiary/aromatic N) is 1. The van der Waals surface area contributed by atoms with Gasteiger partial charge < -0.3 is 4.42 Å². The molecule has 3 aromatic rings. The lowest BCUT2D eigenvalue weighted by Crippen LogP contribution is -2.12. The fraction of sp³-hybridized carbons (Fsp3) is 0.167. The number of nitrogens with one attached hydrogen (secondary N) is 1.